The number of nitrogens with zero attached hydrogens (tertiary/aromatic N) is 2. The number of ether oxygens (including phenoxy) is 2. The van der Waals surface area contributed by atoms with Crippen molar-refractivity contribution in [2.75, 3.05) is 25.0 Å². The number of carbonyl (C=O) groups is 2. The molecule has 1 aromatic heterocycles. The van der Waals surface area contributed by atoms with E-state index in [2.05, 4.69) is 17.2 Å². The van der Waals surface area contributed by atoms with E-state index in [1.807, 2.05) is 35.2 Å². The molecule has 2 aliphatic rings. The highest BCUT2D eigenvalue weighted by Crippen LogP contribution is 2.42. The van der Waals surface area contributed by atoms with Crippen LogP contribution in [0.3, 0.4) is 0 Å². The van der Waals surface area contributed by atoms with Crippen molar-refractivity contribution in [2.24, 2.45) is 5.92 Å². The molecule has 0 aliphatic carbocycles. The summed E-state index contributed by atoms with van der Waals surface area (Å²) in [5.74, 6) is 0.670. The molecule has 3 unspecified atom stereocenters. The van der Waals surface area contributed by atoms with Crippen molar-refractivity contribution >= 4 is 17.5 Å². The first-order valence-electron chi connectivity index (χ1n) is 10.4. The van der Waals surface area contributed by atoms with Gasteiger partial charge in [0.15, 0.2) is 6.61 Å². The first-order chi connectivity index (χ1) is 14.6. The molecule has 1 aromatic carbocycles. The second-order valence-electron chi connectivity index (χ2n) is 8.03. The SMILES string of the molecule is CC1CN(C(=O)COc2ccccc2)CCC12CCC(C(=O)Nc1cccnc1)O2. The van der Waals surface area contributed by atoms with Gasteiger partial charge in [-0.15, -0.1) is 0 Å². The van der Waals surface area contributed by atoms with Gasteiger partial charge in [-0.1, -0.05) is 25.1 Å². The van der Waals surface area contributed by atoms with Crippen molar-refractivity contribution in [3.05, 3.63) is 54.9 Å². The van der Waals surface area contributed by atoms with Gasteiger partial charge in [-0.05, 0) is 43.5 Å². The van der Waals surface area contributed by atoms with Crippen LogP contribution in [0.5, 0.6) is 5.75 Å². The van der Waals surface area contributed by atoms with E-state index in [9.17, 15) is 9.59 Å². The van der Waals surface area contributed by atoms with Gasteiger partial charge in [0, 0.05) is 25.2 Å². The Morgan fingerprint density at radius 2 is 2.07 bits per heavy atom. The fourth-order valence-electron chi connectivity index (χ4n) is 4.31. The average molecular weight is 409 g/mol. The summed E-state index contributed by atoms with van der Waals surface area (Å²) in [4.78, 5) is 31.0. The van der Waals surface area contributed by atoms with E-state index in [1.165, 1.54) is 0 Å². The minimum Gasteiger partial charge on any atom is -0.484 e. The topological polar surface area (TPSA) is 80.8 Å². The van der Waals surface area contributed by atoms with E-state index in [0.717, 1.165) is 12.8 Å². The Kier molecular flexibility index (Phi) is 5.99. The van der Waals surface area contributed by atoms with Gasteiger partial charge in [-0.25, -0.2) is 0 Å². The Hall–Kier alpha value is -2.93. The molecular formula is C23H27N3O4. The molecule has 2 aromatic rings. The predicted molar refractivity (Wildman–Crippen MR) is 112 cm³/mol. The predicted octanol–water partition coefficient (Wildman–Crippen LogP) is 2.89. The second-order valence-corrected chi connectivity index (χ2v) is 8.03. The van der Waals surface area contributed by atoms with Gasteiger partial charge in [0.25, 0.3) is 11.8 Å². The van der Waals surface area contributed by atoms with Crippen molar-refractivity contribution in [3.63, 3.8) is 0 Å². The van der Waals surface area contributed by atoms with Crippen LogP contribution in [0.15, 0.2) is 54.9 Å². The number of hydrogen-bond donors (Lipinski definition) is 1. The third kappa shape index (κ3) is 4.46. The second kappa shape index (κ2) is 8.83. The first kappa shape index (κ1) is 20.3. The maximum atomic E-state index is 12.6. The molecule has 1 spiro atoms. The maximum Gasteiger partial charge on any atom is 0.260 e. The maximum absolute atomic E-state index is 12.6. The van der Waals surface area contributed by atoms with Crippen molar-refractivity contribution < 1.29 is 19.1 Å². The van der Waals surface area contributed by atoms with Gasteiger partial charge in [0.1, 0.15) is 11.9 Å². The highest BCUT2D eigenvalue weighted by Gasteiger charge is 2.49. The summed E-state index contributed by atoms with van der Waals surface area (Å²) in [6.45, 7) is 3.34. The van der Waals surface area contributed by atoms with E-state index < -0.39 is 6.10 Å². The molecule has 1 N–H and O–H groups in total. The van der Waals surface area contributed by atoms with Crippen LogP contribution in [0, 0.1) is 5.92 Å². The highest BCUT2D eigenvalue weighted by molar-refractivity contribution is 5.94. The summed E-state index contributed by atoms with van der Waals surface area (Å²) >= 11 is 0. The summed E-state index contributed by atoms with van der Waals surface area (Å²) in [5.41, 5.74) is 0.313. The molecule has 30 heavy (non-hydrogen) atoms. The van der Waals surface area contributed by atoms with Crippen LogP contribution in [0.2, 0.25) is 0 Å². The lowest BCUT2D eigenvalue weighted by Crippen LogP contribution is -2.53. The highest BCUT2D eigenvalue weighted by atomic mass is 16.5. The summed E-state index contributed by atoms with van der Waals surface area (Å²) in [6.07, 6.45) is 5.03. The van der Waals surface area contributed by atoms with Gasteiger partial charge in [-0.3, -0.25) is 14.6 Å². The van der Waals surface area contributed by atoms with Gasteiger partial charge in [0.2, 0.25) is 0 Å². The third-order valence-electron chi connectivity index (χ3n) is 6.08. The summed E-state index contributed by atoms with van der Waals surface area (Å²) in [5, 5.41) is 2.87. The van der Waals surface area contributed by atoms with Crippen molar-refractivity contribution in [2.45, 2.75) is 37.9 Å². The number of aromatic nitrogens is 1. The number of pyridine rings is 1. The summed E-state index contributed by atoms with van der Waals surface area (Å²) < 4.78 is 11.9. The quantitative estimate of drug-likeness (QED) is 0.821. The Morgan fingerprint density at radius 3 is 2.80 bits per heavy atom. The van der Waals surface area contributed by atoms with Gasteiger partial charge >= 0.3 is 0 Å². The largest absolute Gasteiger partial charge is 0.484 e. The lowest BCUT2D eigenvalue weighted by atomic mass is 9.80. The van der Waals surface area contributed by atoms with Crippen molar-refractivity contribution in [1.29, 1.82) is 0 Å². The number of rotatable bonds is 5. The zero-order valence-electron chi connectivity index (χ0n) is 17.1. The molecule has 3 atom stereocenters. The smallest absolute Gasteiger partial charge is 0.260 e. The molecule has 2 saturated heterocycles. The monoisotopic (exact) mass is 409 g/mol. The van der Waals surface area contributed by atoms with E-state index in [0.29, 0.717) is 30.9 Å². The number of nitrogens with one attached hydrogen (secondary N) is 1. The molecule has 0 radical (unpaired) electrons. The number of para-hydroxylation sites is 1. The van der Waals surface area contributed by atoms with Gasteiger partial charge in [-0.2, -0.15) is 0 Å². The zero-order valence-corrected chi connectivity index (χ0v) is 17.1. The fourth-order valence-corrected chi connectivity index (χ4v) is 4.31. The Morgan fingerprint density at radius 1 is 1.23 bits per heavy atom. The van der Waals surface area contributed by atoms with E-state index in [1.54, 1.807) is 24.5 Å². The molecular weight excluding hydrogens is 382 g/mol. The van der Waals surface area contributed by atoms with Gasteiger partial charge < -0.3 is 19.7 Å². The number of benzene rings is 1. The average Bonchev–Trinajstić information content (AvgIpc) is 3.21. The fraction of sp³-hybridized carbons (Fsp3) is 0.435. The summed E-state index contributed by atoms with van der Waals surface area (Å²) in [6, 6.07) is 12.9. The molecule has 4 rings (SSSR count). The minimum absolute atomic E-state index is 0.0237. The van der Waals surface area contributed by atoms with Crippen LogP contribution in [0.1, 0.15) is 26.2 Å². The normalized spacial score (nSPS) is 25.8. The van der Waals surface area contributed by atoms with E-state index in [-0.39, 0.29) is 29.9 Å². The lowest BCUT2D eigenvalue weighted by molar-refractivity contribution is -0.152. The van der Waals surface area contributed by atoms with Crippen molar-refractivity contribution in [3.8, 4) is 5.75 Å². The molecule has 7 nitrogen and oxygen atoms in total. The molecule has 7 heteroatoms. The number of piperidine rings is 1. The van der Waals surface area contributed by atoms with Crippen LogP contribution in [0.4, 0.5) is 5.69 Å². The van der Waals surface area contributed by atoms with Crippen LogP contribution in [-0.2, 0) is 14.3 Å². The number of likely N-dealkylation sites (tertiary alicyclic amines) is 1. The number of amides is 2. The third-order valence-corrected chi connectivity index (χ3v) is 6.08. The van der Waals surface area contributed by atoms with Crippen LogP contribution < -0.4 is 10.1 Å². The van der Waals surface area contributed by atoms with Crippen LogP contribution in [0.25, 0.3) is 0 Å². The Bertz CT molecular complexity index is 877. The molecule has 2 amide bonds. The van der Waals surface area contributed by atoms with E-state index >= 15 is 0 Å². The first-order valence-corrected chi connectivity index (χ1v) is 10.4. The molecule has 2 aliphatic heterocycles. The number of carbonyl (C=O) groups excluding carboxylic acids is 2. The zero-order chi connectivity index (χ0) is 21.0. The molecule has 3 heterocycles. The Balaban J connectivity index is 1.29. The molecule has 0 bridgehead atoms. The summed E-state index contributed by atoms with van der Waals surface area (Å²) in [7, 11) is 0. The number of anilines is 1. The lowest BCUT2D eigenvalue weighted by Gasteiger charge is -2.44. The molecule has 0 saturated carbocycles. The minimum atomic E-state index is -0.476. The van der Waals surface area contributed by atoms with Crippen molar-refractivity contribution in [1.82, 2.24) is 9.88 Å². The molecule has 158 valence electrons. The van der Waals surface area contributed by atoms with E-state index in [4.69, 9.17) is 9.47 Å². The van der Waals surface area contributed by atoms with Crippen LogP contribution in [-0.4, -0.2) is 53.1 Å². The molecule has 2 fully saturated rings. The Labute approximate surface area is 176 Å². The van der Waals surface area contributed by atoms with Crippen LogP contribution >= 0.6 is 0 Å². The number of hydrogen-bond acceptors (Lipinski definition) is 5. The standard InChI is InChI=1S/C23H27N3O4/c1-17-15-26(21(27)16-29-19-7-3-2-4-8-19)13-11-23(17)10-9-20(30-23)22(28)25-18-6-5-12-24-14-18/h2-8,12,14,17,20H,9-11,13,15-16H2,1H3,(H,25,28). The van der Waals surface area contributed by atoms with Gasteiger partial charge in [0.05, 0.1) is 17.5 Å².